The summed E-state index contributed by atoms with van der Waals surface area (Å²) in [5.41, 5.74) is 6.28. The van der Waals surface area contributed by atoms with E-state index < -0.39 is 0 Å². The minimum atomic E-state index is 0.0970. The topological polar surface area (TPSA) is 35.2 Å². The SMILES string of the molecule is CC(C)Oc1c(N)cc(Cl)cc1Br. The summed E-state index contributed by atoms with van der Waals surface area (Å²) in [6.07, 6.45) is 0.0970. The van der Waals surface area contributed by atoms with Gasteiger partial charge in [-0.1, -0.05) is 11.6 Å². The molecule has 0 aliphatic heterocycles. The van der Waals surface area contributed by atoms with Crippen LogP contribution in [0.25, 0.3) is 0 Å². The quantitative estimate of drug-likeness (QED) is 0.830. The van der Waals surface area contributed by atoms with Gasteiger partial charge in [-0.15, -0.1) is 0 Å². The van der Waals surface area contributed by atoms with Crippen LogP contribution in [-0.4, -0.2) is 6.10 Å². The van der Waals surface area contributed by atoms with Gasteiger partial charge in [-0.25, -0.2) is 0 Å². The zero-order valence-corrected chi connectivity index (χ0v) is 9.82. The fourth-order valence-electron chi connectivity index (χ4n) is 0.940. The molecular formula is C9H11BrClNO. The molecule has 4 heteroatoms. The molecule has 0 atom stereocenters. The zero-order valence-electron chi connectivity index (χ0n) is 7.47. The van der Waals surface area contributed by atoms with Gasteiger partial charge >= 0.3 is 0 Å². The van der Waals surface area contributed by atoms with Crippen LogP contribution in [0.1, 0.15) is 13.8 Å². The third-order valence-corrected chi connectivity index (χ3v) is 2.20. The lowest BCUT2D eigenvalue weighted by molar-refractivity contribution is 0.242. The molecule has 72 valence electrons. The van der Waals surface area contributed by atoms with Gasteiger partial charge < -0.3 is 10.5 Å². The average Bonchev–Trinajstić information content (AvgIpc) is 1.96. The Kier molecular flexibility index (Phi) is 3.45. The summed E-state index contributed by atoms with van der Waals surface area (Å²) in [6.45, 7) is 3.89. The number of benzene rings is 1. The lowest BCUT2D eigenvalue weighted by atomic mass is 10.3. The second-order valence-electron chi connectivity index (χ2n) is 2.97. The van der Waals surface area contributed by atoms with Crippen molar-refractivity contribution >= 4 is 33.2 Å². The van der Waals surface area contributed by atoms with Crippen LogP contribution in [0.4, 0.5) is 5.69 Å². The number of hydrogen-bond donors (Lipinski definition) is 1. The van der Waals surface area contributed by atoms with E-state index in [0.717, 1.165) is 4.47 Å². The number of ether oxygens (including phenoxy) is 1. The molecule has 0 aromatic heterocycles. The highest BCUT2D eigenvalue weighted by atomic mass is 79.9. The van der Waals surface area contributed by atoms with Crippen LogP contribution in [0.15, 0.2) is 16.6 Å². The van der Waals surface area contributed by atoms with Crippen molar-refractivity contribution in [1.82, 2.24) is 0 Å². The van der Waals surface area contributed by atoms with E-state index in [9.17, 15) is 0 Å². The van der Waals surface area contributed by atoms with Gasteiger partial charge in [0.2, 0.25) is 0 Å². The molecule has 0 spiro atoms. The highest BCUT2D eigenvalue weighted by molar-refractivity contribution is 9.10. The van der Waals surface area contributed by atoms with E-state index >= 15 is 0 Å². The lowest BCUT2D eigenvalue weighted by Gasteiger charge is -2.13. The Morgan fingerprint density at radius 3 is 2.54 bits per heavy atom. The Bertz CT molecular complexity index is 291. The van der Waals surface area contributed by atoms with E-state index in [1.54, 1.807) is 12.1 Å². The van der Waals surface area contributed by atoms with Crippen molar-refractivity contribution in [3.8, 4) is 5.75 Å². The third kappa shape index (κ3) is 2.78. The molecule has 0 radical (unpaired) electrons. The van der Waals surface area contributed by atoms with Crippen molar-refractivity contribution in [3.05, 3.63) is 21.6 Å². The smallest absolute Gasteiger partial charge is 0.156 e. The summed E-state index contributed by atoms with van der Waals surface area (Å²) in [7, 11) is 0. The van der Waals surface area contributed by atoms with Crippen LogP contribution in [0, 0.1) is 0 Å². The molecule has 13 heavy (non-hydrogen) atoms. The highest BCUT2D eigenvalue weighted by Crippen LogP contribution is 2.35. The van der Waals surface area contributed by atoms with Gasteiger partial charge in [0, 0.05) is 5.02 Å². The molecule has 2 nitrogen and oxygen atoms in total. The highest BCUT2D eigenvalue weighted by Gasteiger charge is 2.08. The van der Waals surface area contributed by atoms with Crippen molar-refractivity contribution in [1.29, 1.82) is 0 Å². The Morgan fingerprint density at radius 2 is 2.08 bits per heavy atom. The molecule has 1 aromatic rings. The van der Waals surface area contributed by atoms with E-state index in [1.165, 1.54) is 0 Å². The Hall–Kier alpha value is -0.410. The fraction of sp³-hybridized carbons (Fsp3) is 0.333. The third-order valence-electron chi connectivity index (χ3n) is 1.39. The number of nitrogen functional groups attached to an aromatic ring is 1. The summed E-state index contributed by atoms with van der Waals surface area (Å²) in [6, 6.07) is 3.43. The zero-order chi connectivity index (χ0) is 10.0. The van der Waals surface area contributed by atoms with E-state index in [0.29, 0.717) is 16.5 Å². The Balaban J connectivity index is 3.06. The van der Waals surface area contributed by atoms with Crippen LogP contribution in [0.3, 0.4) is 0 Å². The largest absolute Gasteiger partial charge is 0.488 e. The summed E-state index contributed by atoms with van der Waals surface area (Å²) < 4.78 is 6.28. The van der Waals surface area contributed by atoms with E-state index in [4.69, 9.17) is 22.1 Å². The molecule has 0 heterocycles. The summed E-state index contributed by atoms with van der Waals surface area (Å²) in [5, 5.41) is 0.598. The average molecular weight is 265 g/mol. The van der Waals surface area contributed by atoms with E-state index in [2.05, 4.69) is 15.9 Å². The molecule has 0 saturated heterocycles. The Labute approximate surface area is 91.2 Å². The molecule has 0 aliphatic rings. The molecule has 0 aliphatic carbocycles. The van der Waals surface area contributed by atoms with Crippen molar-refractivity contribution < 1.29 is 4.74 Å². The van der Waals surface area contributed by atoms with Crippen LogP contribution in [0.5, 0.6) is 5.75 Å². The normalized spacial score (nSPS) is 10.5. The maximum Gasteiger partial charge on any atom is 0.156 e. The van der Waals surface area contributed by atoms with Gasteiger partial charge in [-0.05, 0) is 41.9 Å². The predicted octanol–water partition coefficient (Wildman–Crippen LogP) is 3.47. The minimum Gasteiger partial charge on any atom is -0.488 e. The van der Waals surface area contributed by atoms with Gasteiger partial charge in [0.15, 0.2) is 5.75 Å². The van der Waals surface area contributed by atoms with Gasteiger partial charge in [0.1, 0.15) is 0 Å². The van der Waals surface area contributed by atoms with Crippen molar-refractivity contribution in [3.63, 3.8) is 0 Å². The van der Waals surface area contributed by atoms with Crippen molar-refractivity contribution in [2.75, 3.05) is 5.73 Å². The fourth-order valence-corrected chi connectivity index (χ4v) is 1.87. The van der Waals surface area contributed by atoms with Crippen molar-refractivity contribution in [2.24, 2.45) is 0 Å². The molecular weight excluding hydrogens is 253 g/mol. The van der Waals surface area contributed by atoms with Gasteiger partial charge in [-0.2, -0.15) is 0 Å². The second kappa shape index (κ2) is 4.20. The molecule has 2 N–H and O–H groups in total. The molecule has 1 aromatic carbocycles. The maximum absolute atomic E-state index is 5.79. The van der Waals surface area contributed by atoms with Crippen molar-refractivity contribution in [2.45, 2.75) is 20.0 Å². The monoisotopic (exact) mass is 263 g/mol. The first-order chi connectivity index (χ1) is 6.00. The van der Waals surface area contributed by atoms with Gasteiger partial charge in [0.05, 0.1) is 16.3 Å². The van der Waals surface area contributed by atoms with Crippen LogP contribution >= 0.6 is 27.5 Å². The molecule has 0 bridgehead atoms. The minimum absolute atomic E-state index is 0.0970. The first-order valence-corrected chi connectivity index (χ1v) is 5.09. The summed E-state index contributed by atoms with van der Waals surface area (Å²) in [5.74, 6) is 0.652. The summed E-state index contributed by atoms with van der Waals surface area (Å²) in [4.78, 5) is 0. The van der Waals surface area contributed by atoms with Crippen LogP contribution in [0.2, 0.25) is 5.02 Å². The standard InChI is InChI=1S/C9H11BrClNO/c1-5(2)13-9-7(10)3-6(11)4-8(9)12/h3-5H,12H2,1-2H3. The first-order valence-electron chi connectivity index (χ1n) is 3.92. The van der Waals surface area contributed by atoms with Crippen LogP contribution in [-0.2, 0) is 0 Å². The predicted molar refractivity (Wildman–Crippen MR) is 59.3 cm³/mol. The molecule has 0 unspecified atom stereocenters. The number of rotatable bonds is 2. The molecule has 0 amide bonds. The van der Waals surface area contributed by atoms with E-state index in [-0.39, 0.29) is 6.10 Å². The number of anilines is 1. The molecule has 1 rings (SSSR count). The number of hydrogen-bond acceptors (Lipinski definition) is 2. The summed E-state index contributed by atoms with van der Waals surface area (Å²) >= 11 is 9.13. The maximum atomic E-state index is 5.79. The Morgan fingerprint density at radius 1 is 1.46 bits per heavy atom. The van der Waals surface area contributed by atoms with Gasteiger partial charge in [0.25, 0.3) is 0 Å². The second-order valence-corrected chi connectivity index (χ2v) is 4.26. The lowest BCUT2D eigenvalue weighted by Crippen LogP contribution is -2.07. The number of halogens is 2. The van der Waals surface area contributed by atoms with Crippen LogP contribution < -0.4 is 10.5 Å². The molecule has 0 fully saturated rings. The van der Waals surface area contributed by atoms with Gasteiger partial charge in [-0.3, -0.25) is 0 Å². The molecule has 0 saturated carbocycles. The number of nitrogens with two attached hydrogens (primary N) is 1. The first kappa shape index (κ1) is 10.7. The van der Waals surface area contributed by atoms with E-state index in [1.807, 2.05) is 13.8 Å².